The lowest BCUT2D eigenvalue weighted by molar-refractivity contribution is 0.102. The number of thiophene rings is 1. The third-order valence-corrected chi connectivity index (χ3v) is 6.50. The molecule has 2 heterocycles. The summed E-state index contributed by atoms with van der Waals surface area (Å²) in [5, 5.41) is 7.93. The minimum Gasteiger partial charge on any atom is -0.408 e. The highest BCUT2D eigenvalue weighted by Crippen LogP contribution is 2.26. The van der Waals surface area contributed by atoms with Crippen molar-refractivity contribution < 1.29 is 14.0 Å². The minimum atomic E-state index is -0.436. The van der Waals surface area contributed by atoms with Crippen LogP contribution in [0.3, 0.4) is 0 Å². The molecule has 0 aliphatic rings. The molecule has 2 N–H and O–H groups in total. The first-order valence-electron chi connectivity index (χ1n) is 11.3. The van der Waals surface area contributed by atoms with Crippen LogP contribution in [0.25, 0.3) is 11.1 Å². The molecule has 0 fully saturated rings. The average Bonchev–Trinajstić information content (AvgIpc) is 3.41. The molecule has 2 aromatic carbocycles. The standard InChI is InChI=1S/C26H28N4O4S/c1-16(2)17-5-7-18(8-6-17)23(31)28-25-20(11-14-35-25)24(32)27-19-9-10-22-21(15-19)30(26(33)34-22)13-12-29(3)4/h5-11,14-16H,12-13H2,1-4H3,(H,27,32)(H,28,31). The molecule has 0 saturated heterocycles. The maximum atomic E-state index is 13.0. The zero-order valence-corrected chi connectivity index (χ0v) is 20.9. The third-order valence-electron chi connectivity index (χ3n) is 5.67. The predicted octanol–water partition coefficient (Wildman–Crippen LogP) is 4.85. The molecule has 9 heteroatoms. The Bertz CT molecular complexity index is 1410. The van der Waals surface area contributed by atoms with Crippen LogP contribution in [0.1, 0.15) is 46.0 Å². The monoisotopic (exact) mass is 492 g/mol. The largest absolute Gasteiger partial charge is 0.419 e. The number of anilines is 2. The van der Waals surface area contributed by atoms with Crippen LogP contribution in [0.2, 0.25) is 0 Å². The molecular formula is C26H28N4O4S. The van der Waals surface area contributed by atoms with Gasteiger partial charge in [-0.05, 0) is 67.4 Å². The number of hydrogen-bond donors (Lipinski definition) is 2. The number of hydrogen-bond acceptors (Lipinski definition) is 6. The van der Waals surface area contributed by atoms with Gasteiger partial charge in [-0.2, -0.15) is 0 Å². The van der Waals surface area contributed by atoms with E-state index in [9.17, 15) is 14.4 Å². The number of carbonyl (C=O) groups excluding carboxylic acids is 2. The maximum Gasteiger partial charge on any atom is 0.419 e. The maximum absolute atomic E-state index is 13.0. The van der Waals surface area contributed by atoms with E-state index in [1.807, 2.05) is 31.1 Å². The van der Waals surface area contributed by atoms with E-state index >= 15 is 0 Å². The van der Waals surface area contributed by atoms with Gasteiger partial charge in [0.1, 0.15) is 5.00 Å². The van der Waals surface area contributed by atoms with Gasteiger partial charge in [-0.3, -0.25) is 14.2 Å². The van der Waals surface area contributed by atoms with Gasteiger partial charge < -0.3 is 20.0 Å². The van der Waals surface area contributed by atoms with Gasteiger partial charge in [0, 0.05) is 24.3 Å². The first kappa shape index (κ1) is 24.4. The van der Waals surface area contributed by atoms with Gasteiger partial charge in [0.25, 0.3) is 11.8 Å². The van der Waals surface area contributed by atoms with Gasteiger partial charge in [-0.25, -0.2) is 4.79 Å². The molecule has 2 aromatic heterocycles. The number of fused-ring (bicyclic) bond motifs is 1. The summed E-state index contributed by atoms with van der Waals surface area (Å²) in [5.74, 6) is -0.693. The Morgan fingerprint density at radius 3 is 2.46 bits per heavy atom. The zero-order valence-electron chi connectivity index (χ0n) is 20.1. The molecule has 4 rings (SSSR count). The molecule has 0 bridgehead atoms. The summed E-state index contributed by atoms with van der Waals surface area (Å²) in [7, 11) is 3.85. The SMILES string of the molecule is CC(C)c1ccc(C(=O)Nc2sccc2C(=O)Nc2ccc3oc(=O)n(CCN(C)C)c3c2)cc1. The van der Waals surface area contributed by atoms with E-state index in [1.54, 1.807) is 46.3 Å². The molecule has 0 aliphatic heterocycles. The smallest absolute Gasteiger partial charge is 0.408 e. The highest BCUT2D eigenvalue weighted by molar-refractivity contribution is 7.14. The first-order valence-corrected chi connectivity index (χ1v) is 12.2. The number of nitrogens with zero attached hydrogens (tertiary/aromatic N) is 2. The van der Waals surface area contributed by atoms with Crippen LogP contribution in [-0.2, 0) is 6.54 Å². The number of nitrogens with one attached hydrogen (secondary N) is 2. The summed E-state index contributed by atoms with van der Waals surface area (Å²) in [6.45, 7) is 5.33. The summed E-state index contributed by atoms with van der Waals surface area (Å²) in [4.78, 5) is 40.0. The molecule has 8 nitrogen and oxygen atoms in total. The molecular weight excluding hydrogens is 464 g/mol. The van der Waals surface area contributed by atoms with E-state index in [0.29, 0.717) is 51.9 Å². The fourth-order valence-electron chi connectivity index (χ4n) is 3.63. The predicted molar refractivity (Wildman–Crippen MR) is 140 cm³/mol. The van der Waals surface area contributed by atoms with E-state index in [4.69, 9.17) is 4.42 Å². The van der Waals surface area contributed by atoms with E-state index in [1.165, 1.54) is 11.3 Å². The quantitative estimate of drug-likeness (QED) is 0.367. The van der Waals surface area contributed by atoms with Crippen LogP contribution < -0.4 is 16.4 Å². The van der Waals surface area contributed by atoms with Crippen molar-refractivity contribution in [1.82, 2.24) is 9.47 Å². The molecule has 2 amide bonds. The second-order valence-corrected chi connectivity index (χ2v) is 9.77. The Balaban J connectivity index is 1.50. The van der Waals surface area contributed by atoms with Crippen molar-refractivity contribution in [3.63, 3.8) is 0 Å². The van der Waals surface area contributed by atoms with Crippen LogP contribution in [0.15, 0.2) is 63.1 Å². The lowest BCUT2D eigenvalue weighted by Crippen LogP contribution is -2.23. The van der Waals surface area contributed by atoms with Gasteiger partial charge in [-0.1, -0.05) is 26.0 Å². The molecule has 4 aromatic rings. The minimum absolute atomic E-state index is 0.276. The summed E-state index contributed by atoms with van der Waals surface area (Å²) >= 11 is 1.28. The third kappa shape index (κ3) is 5.52. The van der Waals surface area contributed by atoms with Gasteiger partial charge >= 0.3 is 5.76 Å². The molecule has 0 radical (unpaired) electrons. The number of benzene rings is 2. The lowest BCUT2D eigenvalue weighted by atomic mass is 10.0. The number of amides is 2. The second kappa shape index (κ2) is 10.3. The Labute approximate surface area is 207 Å². The van der Waals surface area contributed by atoms with Gasteiger partial charge in [0.2, 0.25) is 0 Å². The number of likely N-dealkylation sites (N-methyl/N-ethyl adjacent to an activating group) is 1. The molecule has 0 saturated carbocycles. The summed E-state index contributed by atoms with van der Waals surface area (Å²) in [6, 6.07) is 14.2. The zero-order chi connectivity index (χ0) is 25.1. The lowest BCUT2D eigenvalue weighted by Gasteiger charge is -2.10. The van der Waals surface area contributed by atoms with Crippen molar-refractivity contribution in [2.24, 2.45) is 0 Å². The summed E-state index contributed by atoms with van der Waals surface area (Å²) < 4.78 is 6.87. The number of aromatic nitrogens is 1. The molecule has 0 spiro atoms. The Hall–Kier alpha value is -3.69. The Kier molecular flexibility index (Phi) is 7.18. The van der Waals surface area contributed by atoms with E-state index in [-0.39, 0.29) is 11.8 Å². The summed E-state index contributed by atoms with van der Waals surface area (Å²) in [5.41, 5.74) is 3.63. The van der Waals surface area contributed by atoms with Crippen molar-refractivity contribution in [2.45, 2.75) is 26.3 Å². The molecule has 0 atom stereocenters. The molecule has 0 aliphatic carbocycles. The number of rotatable bonds is 8. The average molecular weight is 493 g/mol. The van der Waals surface area contributed by atoms with Crippen molar-refractivity contribution in [3.8, 4) is 0 Å². The summed E-state index contributed by atoms with van der Waals surface area (Å²) in [6.07, 6.45) is 0. The van der Waals surface area contributed by atoms with E-state index < -0.39 is 5.76 Å². The van der Waals surface area contributed by atoms with Crippen LogP contribution in [-0.4, -0.2) is 41.9 Å². The van der Waals surface area contributed by atoms with Crippen molar-refractivity contribution in [3.05, 3.63) is 81.2 Å². The first-order chi connectivity index (χ1) is 16.7. The van der Waals surface area contributed by atoms with Crippen molar-refractivity contribution >= 4 is 44.9 Å². The van der Waals surface area contributed by atoms with Crippen molar-refractivity contribution in [1.29, 1.82) is 0 Å². The van der Waals surface area contributed by atoms with Crippen LogP contribution in [0.4, 0.5) is 10.7 Å². The molecule has 182 valence electrons. The molecule has 0 unspecified atom stereocenters. The fraction of sp³-hybridized carbons (Fsp3) is 0.269. The molecule has 35 heavy (non-hydrogen) atoms. The fourth-order valence-corrected chi connectivity index (χ4v) is 4.41. The Morgan fingerprint density at radius 2 is 1.77 bits per heavy atom. The van der Waals surface area contributed by atoms with E-state index in [2.05, 4.69) is 24.5 Å². The Morgan fingerprint density at radius 1 is 1.03 bits per heavy atom. The van der Waals surface area contributed by atoms with Gasteiger partial charge in [0.05, 0.1) is 11.1 Å². The number of carbonyl (C=O) groups is 2. The van der Waals surface area contributed by atoms with Crippen LogP contribution >= 0.6 is 11.3 Å². The topological polar surface area (TPSA) is 96.6 Å². The van der Waals surface area contributed by atoms with Crippen LogP contribution in [0.5, 0.6) is 0 Å². The number of oxazole rings is 1. The normalized spacial score (nSPS) is 11.4. The van der Waals surface area contributed by atoms with Gasteiger partial charge in [-0.15, -0.1) is 11.3 Å². The second-order valence-electron chi connectivity index (χ2n) is 8.85. The van der Waals surface area contributed by atoms with E-state index in [0.717, 1.165) is 5.56 Å². The highest BCUT2D eigenvalue weighted by atomic mass is 32.1. The van der Waals surface area contributed by atoms with Crippen molar-refractivity contribution in [2.75, 3.05) is 31.3 Å². The highest BCUT2D eigenvalue weighted by Gasteiger charge is 2.17. The van der Waals surface area contributed by atoms with Crippen LogP contribution in [0, 0.1) is 0 Å². The van der Waals surface area contributed by atoms with Gasteiger partial charge in [0.15, 0.2) is 5.58 Å².